The summed E-state index contributed by atoms with van der Waals surface area (Å²) in [4.78, 5) is 24.4. The average Bonchev–Trinajstić information content (AvgIpc) is 2.86. The Balaban J connectivity index is 1.69. The fraction of sp³-hybridized carbons (Fsp3) is 0.810. The molecule has 0 aromatic carbocycles. The Morgan fingerprint density at radius 2 is 1.92 bits per heavy atom. The molecule has 0 heterocycles. The SMILES string of the molecule is CC(=O)[C@@H]1CC[C@H]2[C@@H]3CCC4=CC(=O)C(O)(Br)C[C@]4(C)[C@H]3CC[C@]12C. The Kier molecular flexibility index (Phi) is 3.95. The van der Waals surface area contributed by atoms with Crippen LogP contribution in [0.1, 0.15) is 65.7 Å². The van der Waals surface area contributed by atoms with Crippen molar-refractivity contribution >= 4 is 27.5 Å². The summed E-state index contributed by atoms with van der Waals surface area (Å²) in [5.41, 5.74) is 1.29. The van der Waals surface area contributed by atoms with Gasteiger partial charge in [-0.15, -0.1) is 0 Å². The molecule has 0 bridgehead atoms. The number of alkyl halides is 1. The van der Waals surface area contributed by atoms with Crippen molar-refractivity contribution in [2.24, 2.45) is 34.5 Å². The number of halogens is 1. The summed E-state index contributed by atoms with van der Waals surface area (Å²) >= 11 is 3.28. The van der Waals surface area contributed by atoms with Crippen LogP contribution in [0.3, 0.4) is 0 Å². The summed E-state index contributed by atoms with van der Waals surface area (Å²) in [7, 11) is 0. The molecule has 7 atom stereocenters. The quantitative estimate of drug-likeness (QED) is 0.653. The van der Waals surface area contributed by atoms with Crippen molar-refractivity contribution in [2.45, 2.75) is 70.2 Å². The lowest BCUT2D eigenvalue weighted by atomic mass is 9.46. The zero-order valence-corrected chi connectivity index (χ0v) is 17.1. The van der Waals surface area contributed by atoms with Crippen LogP contribution in [0.4, 0.5) is 0 Å². The maximum Gasteiger partial charge on any atom is 0.198 e. The minimum absolute atomic E-state index is 0.106. The third-order valence-corrected chi connectivity index (χ3v) is 9.18. The topological polar surface area (TPSA) is 54.4 Å². The molecule has 0 aromatic heterocycles. The Hall–Kier alpha value is -0.480. The zero-order chi connectivity index (χ0) is 18.2. The molecule has 4 rings (SSSR count). The highest BCUT2D eigenvalue weighted by Crippen LogP contribution is 2.67. The van der Waals surface area contributed by atoms with Gasteiger partial charge < -0.3 is 5.11 Å². The van der Waals surface area contributed by atoms with Crippen molar-refractivity contribution in [1.29, 1.82) is 0 Å². The Bertz CT molecular complexity index is 666. The van der Waals surface area contributed by atoms with E-state index in [0.29, 0.717) is 30.0 Å². The number of hydrogen-bond donors (Lipinski definition) is 1. The highest BCUT2D eigenvalue weighted by Gasteiger charge is 2.61. The second-order valence-electron chi connectivity index (χ2n) is 9.59. The van der Waals surface area contributed by atoms with Gasteiger partial charge in [-0.1, -0.05) is 19.4 Å². The lowest BCUT2D eigenvalue weighted by molar-refractivity contribution is -0.133. The van der Waals surface area contributed by atoms with E-state index in [1.54, 1.807) is 13.0 Å². The molecular weight excluding hydrogens is 380 g/mol. The van der Waals surface area contributed by atoms with Crippen LogP contribution in [0.15, 0.2) is 11.6 Å². The van der Waals surface area contributed by atoms with Crippen molar-refractivity contribution in [2.75, 3.05) is 0 Å². The molecule has 0 radical (unpaired) electrons. The lowest BCUT2D eigenvalue weighted by Gasteiger charge is -2.59. The Morgan fingerprint density at radius 3 is 2.60 bits per heavy atom. The lowest BCUT2D eigenvalue weighted by Crippen LogP contribution is -2.54. The molecule has 0 amide bonds. The maximum absolute atomic E-state index is 12.2. The first-order valence-corrected chi connectivity index (χ1v) is 10.6. The summed E-state index contributed by atoms with van der Waals surface area (Å²) in [6.07, 6.45) is 8.69. The van der Waals surface area contributed by atoms with E-state index in [2.05, 4.69) is 29.8 Å². The molecular formula is C21H29BrO3. The normalized spacial score (nSPS) is 52.0. The summed E-state index contributed by atoms with van der Waals surface area (Å²) < 4.78 is -1.41. The van der Waals surface area contributed by atoms with Gasteiger partial charge >= 0.3 is 0 Å². The fourth-order valence-corrected chi connectivity index (χ4v) is 8.02. The maximum atomic E-state index is 12.2. The summed E-state index contributed by atoms with van der Waals surface area (Å²) in [5, 5.41) is 10.6. The summed E-state index contributed by atoms with van der Waals surface area (Å²) in [5.74, 6) is 2.12. The van der Waals surface area contributed by atoms with Crippen molar-refractivity contribution in [3.63, 3.8) is 0 Å². The van der Waals surface area contributed by atoms with Gasteiger partial charge in [-0.3, -0.25) is 9.59 Å². The summed E-state index contributed by atoms with van der Waals surface area (Å²) in [6.45, 7) is 6.38. The van der Waals surface area contributed by atoms with Crippen molar-refractivity contribution < 1.29 is 14.7 Å². The number of allylic oxidation sites excluding steroid dienone is 1. The van der Waals surface area contributed by atoms with Crippen LogP contribution in [0.5, 0.6) is 0 Å². The van der Waals surface area contributed by atoms with Crippen LogP contribution in [-0.2, 0) is 9.59 Å². The first-order valence-electron chi connectivity index (χ1n) is 9.77. The first kappa shape index (κ1) is 17.9. The number of ketones is 2. The molecule has 3 saturated carbocycles. The Morgan fingerprint density at radius 1 is 1.20 bits per heavy atom. The molecule has 4 aliphatic rings. The van der Waals surface area contributed by atoms with E-state index in [1.165, 1.54) is 5.57 Å². The van der Waals surface area contributed by atoms with E-state index < -0.39 is 4.51 Å². The minimum Gasteiger partial charge on any atom is -0.372 e. The van der Waals surface area contributed by atoms with Gasteiger partial charge in [-0.25, -0.2) is 0 Å². The third-order valence-electron chi connectivity index (χ3n) is 8.51. The van der Waals surface area contributed by atoms with Gasteiger partial charge in [-0.2, -0.15) is 0 Å². The molecule has 0 spiro atoms. The van der Waals surface area contributed by atoms with E-state index in [-0.39, 0.29) is 22.5 Å². The number of carbonyl (C=O) groups excluding carboxylic acids is 2. The molecule has 4 heteroatoms. The van der Waals surface area contributed by atoms with Gasteiger partial charge in [0.2, 0.25) is 0 Å². The van der Waals surface area contributed by atoms with Gasteiger partial charge in [0.05, 0.1) is 0 Å². The highest BCUT2D eigenvalue weighted by molar-refractivity contribution is 9.10. The fourth-order valence-electron chi connectivity index (χ4n) is 7.32. The predicted molar refractivity (Wildman–Crippen MR) is 100 cm³/mol. The van der Waals surface area contributed by atoms with E-state index in [1.807, 2.05) is 0 Å². The monoisotopic (exact) mass is 408 g/mol. The van der Waals surface area contributed by atoms with Crippen molar-refractivity contribution in [1.82, 2.24) is 0 Å². The third kappa shape index (κ3) is 2.39. The molecule has 3 nitrogen and oxygen atoms in total. The average molecular weight is 409 g/mol. The molecule has 3 fully saturated rings. The molecule has 138 valence electrons. The summed E-state index contributed by atoms with van der Waals surface area (Å²) in [6, 6.07) is 0. The second-order valence-corrected chi connectivity index (χ2v) is 10.9. The van der Waals surface area contributed by atoms with Crippen LogP contribution in [0.2, 0.25) is 0 Å². The number of carbonyl (C=O) groups is 2. The predicted octanol–water partition coefficient (Wildman–Crippen LogP) is 4.42. The van der Waals surface area contributed by atoms with Crippen LogP contribution >= 0.6 is 15.9 Å². The van der Waals surface area contributed by atoms with E-state index in [4.69, 9.17) is 0 Å². The van der Waals surface area contributed by atoms with Crippen LogP contribution in [0, 0.1) is 34.5 Å². The van der Waals surface area contributed by atoms with Gasteiger partial charge in [0.25, 0.3) is 0 Å². The van der Waals surface area contributed by atoms with E-state index in [9.17, 15) is 14.7 Å². The van der Waals surface area contributed by atoms with Gasteiger partial charge in [0, 0.05) is 12.3 Å². The van der Waals surface area contributed by atoms with Crippen LogP contribution < -0.4 is 0 Å². The van der Waals surface area contributed by atoms with E-state index in [0.717, 1.165) is 38.5 Å². The molecule has 0 aliphatic heterocycles. The number of hydrogen-bond acceptors (Lipinski definition) is 3. The van der Waals surface area contributed by atoms with Crippen molar-refractivity contribution in [3.05, 3.63) is 11.6 Å². The smallest absolute Gasteiger partial charge is 0.198 e. The van der Waals surface area contributed by atoms with Crippen molar-refractivity contribution in [3.8, 4) is 0 Å². The first-order chi connectivity index (χ1) is 11.6. The molecule has 0 saturated heterocycles. The van der Waals surface area contributed by atoms with Crippen LogP contribution in [-0.4, -0.2) is 21.2 Å². The van der Waals surface area contributed by atoms with Gasteiger partial charge in [0.1, 0.15) is 5.78 Å². The second kappa shape index (κ2) is 5.51. The molecule has 0 aromatic rings. The standard InChI is InChI=1S/C21H29BrO3/c1-12(23)15-6-7-16-14-5-4-13-10-18(24)21(22,25)11-20(13,3)17(14)8-9-19(15,16)2/h10,14-17,25H,4-9,11H2,1-3H3/t14-,15-,16-,17-,19+,20-,21?/m0/s1. The largest absolute Gasteiger partial charge is 0.372 e. The van der Waals surface area contributed by atoms with E-state index >= 15 is 0 Å². The molecule has 4 aliphatic carbocycles. The number of Topliss-reactive ketones (excluding diaryl/α,β-unsaturated/α-hetero) is 1. The number of fused-ring (bicyclic) bond motifs is 5. The van der Waals surface area contributed by atoms with Crippen LogP contribution in [0.25, 0.3) is 0 Å². The molecule has 1 N–H and O–H groups in total. The van der Waals surface area contributed by atoms with Gasteiger partial charge in [-0.05, 0) is 96.0 Å². The molecule has 1 unspecified atom stereocenters. The highest BCUT2D eigenvalue weighted by atomic mass is 79.9. The zero-order valence-electron chi connectivity index (χ0n) is 15.5. The Labute approximate surface area is 158 Å². The van der Waals surface area contributed by atoms with Gasteiger partial charge in [0.15, 0.2) is 10.3 Å². The number of rotatable bonds is 1. The molecule has 25 heavy (non-hydrogen) atoms. The number of aliphatic hydroxyl groups is 1. The minimum atomic E-state index is -1.41.